The molecule has 0 aliphatic heterocycles. The third-order valence-electron chi connectivity index (χ3n) is 19.5. The number of hydrogen-bond acceptors (Lipinski definition) is 14. The lowest BCUT2D eigenvalue weighted by molar-refractivity contribution is -0.161. The monoisotopic (exact) mass is 1650 g/mol. The summed E-state index contributed by atoms with van der Waals surface area (Å²) in [7, 11) is -9.81. The standard InChI is InChI=1S/C97H168O16P2/c1-4-7-10-13-16-19-22-25-28-31-34-37-40-42-43-44-45-46-47-49-52-53-56-59-62-65-68-71-74-77-80-83-95(100)107-86-92(98)87-109-114(103,104)110-88-93(99)89-111-115(105,106)112-91-94(113-97(102)85-82-79-76-73-70-67-64-61-58-55-50-39-36-33-30-27-24-21-18-15-12-9-6-3)90-108-96(101)84-81-78-75-72-69-66-63-60-57-54-51-48-41-38-35-32-29-26-23-20-17-14-11-8-5-2/h16-21,25-30,34-39,42-43,48,51,55,58,92-94,98-99H,4-15,22-24,31-33,40-41,44-47,49-50,52-54,56-57,59-91H2,1-3H3,(H,103,104)(H,105,106)/b19-16-,20-17-,21-18-,28-25-,29-26-,30-27-,37-34-,38-35-,39-36-,43-42-,51-48-,58-55-. The first-order chi connectivity index (χ1) is 56.2. The van der Waals surface area contributed by atoms with Crippen molar-refractivity contribution in [2.45, 2.75) is 411 Å². The molecule has 0 fully saturated rings. The second-order valence-electron chi connectivity index (χ2n) is 30.7. The fraction of sp³-hybridized carbons (Fsp3) is 0.722. The van der Waals surface area contributed by atoms with E-state index in [-0.39, 0.29) is 19.3 Å². The maximum Gasteiger partial charge on any atom is 0.472 e. The van der Waals surface area contributed by atoms with Gasteiger partial charge in [-0.05, 0) is 154 Å². The predicted molar refractivity (Wildman–Crippen MR) is 482 cm³/mol. The maximum absolute atomic E-state index is 13.1. The summed E-state index contributed by atoms with van der Waals surface area (Å²) in [6, 6.07) is 0. The largest absolute Gasteiger partial charge is 0.472 e. The summed E-state index contributed by atoms with van der Waals surface area (Å²) in [5.74, 6) is -1.58. The molecule has 115 heavy (non-hydrogen) atoms. The molecule has 0 spiro atoms. The Bertz CT molecular complexity index is 2670. The Hall–Kier alpha value is -4.57. The summed E-state index contributed by atoms with van der Waals surface area (Å²) in [4.78, 5) is 59.0. The zero-order valence-electron chi connectivity index (χ0n) is 72.9. The molecule has 0 bridgehead atoms. The van der Waals surface area contributed by atoms with E-state index in [9.17, 15) is 43.5 Å². The molecular weight excluding hydrogens is 1480 g/mol. The van der Waals surface area contributed by atoms with Crippen molar-refractivity contribution in [2.75, 3.05) is 39.6 Å². The average Bonchev–Trinajstić information content (AvgIpc) is 0.903. The quantitative estimate of drug-likeness (QED) is 0.0146. The van der Waals surface area contributed by atoms with E-state index in [1.54, 1.807) is 0 Å². The lowest BCUT2D eigenvalue weighted by Crippen LogP contribution is -2.30. The number of aliphatic hydroxyl groups is 2. The number of esters is 3. The molecule has 0 heterocycles. The summed E-state index contributed by atoms with van der Waals surface area (Å²) < 4.78 is 61.5. The molecule has 0 saturated carbocycles. The number of carbonyl (C=O) groups is 3. The Balaban J connectivity index is 4.61. The van der Waals surface area contributed by atoms with Crippen LogP contribution in [-0.4, -0.2) is 95.9 Å². The highest BCUT2D eigenvalue weighted by Gasteiger charge is 2.29. The number of allylic oxidation sites excluding steroid dienone is 24. The molecular formula is C97H168O16P2. The van der Waals surface area contributed by atoms with Crippen LogP contribution in [0.2, 0.25) is 0 Å². The molecule has 0 aromatic carbocycles. The van der Waals surface area contributed by atoms with E-state index >= 15 is 0 Å². The van der Waals surface area contributed by atoms with Crippen molar-refractivity contribution >= 4 is 33.6 Å². The number of phosphoric ester groups is 2. The van der Waals surface area contributed by atoms with Crippen LogP contribution in [0, 0.1) is 0 Å². The first-order valence-corrected chi connectivity index (χ1v) is 49.1. The van der Waals surface area contributed by atoms with Crippen molar-refractivity contribution in [2.24, 2.45) is 0 Å². The zero-order chi connectivity index (χ0) is 83.6. The predicted octanol–water partition coefficient (Wildman–Crippen LogP) is 28.3. The fourth-order valence-electron chi connectivity index (χ4n) is 12.5. The number of phosphoric acid groups is 2. The molecule has 0 saturated heterocycles. The van der Waals surface area contributed by atoms with Gasteiger partial charge in [-0.3, -0.25) is 32.5 Å². The lowest BCUT2D eigenvalue weighted by atomic mass is 10.0. The second-order valence-corrected chi connectivity index (χ2v) is 33.7. The molecule has 0 aromatic rings. The van der Waals surface area contributed by atoms with Crippen LogP contribution in [-0.2, 0) is 55.8 Å². The Kier molecular flexibility index (Phi) is 85.2. The minimum atomic E-state index is -4.95. The number of carbonyl (C=O) groups excluding carboxylic acids is 3. The van der Waals surface area contributed by atoms with Gasteiger partial charge in [0.15, 0.2) is 6.10 Å². The van der Waals surface area contributed by atoms with Crippen LogP contribution in [0.4, 0.5) is 0 Å². The van der Waals surface area contributed by atoms with Crippen molar-refractivity contribution < 1.29 is 75.8 Å². The van der Waals surface area contributed by atoms with Gasteiger partial charge in [0.1, 0.15) is 25.4 Å². The normalized spacial score (nSPS) is 14.5. The van der Waals surface area contributed by atoms with Gasteiger partial charge in [0, 0.05) is 19.3 Å². The van der Waals surface area contributed by atoms with E-state index in [0.717, 1.165) is 154 Å². The Morgan fingerprint density at radius 2 is 0.435 bits per heavy atom. The van der Waals surface area contributed by atoms with Crippen molar-refractivity contribution in [3.63, 3.8) is 0 Å². The zero-order valence-corrected chi connectivity index (χ0v) is 74.7. The Labute approximate surface area is 702 Å². The maximum atomic E-state index is 13.1. The smallest absolute Gasteiger partial charge is 0.463 e. The van der Waals surface area contributed by atoms with Crippen molar-refractivity contribution in [3.05, 3.63) is 146 Å². The summed E-state index contributed by atoms with van der Waals surface area (Å²) in [5, 5.41) is 20.7. The minimum Gasteiger partial charge on any atom is -0.463 e. The summed E-state index contributed by atoms with van der Waals surface area (Å²) >= 11 is 0. The highest BCUT2D eigenvalue weighted by Crippen LogP contribution is 2.45. The van der Waals surface area contributed by atoms with Gasteiger partial charge in [0.2, 0.25) is 0 Å². The number of aliphatic hydroxyl groups excluding tert-OH is 2. The van der Waals surface area contributed by atoms with Crippen LogP contribution in [0.25, 0.3) is 0 Å². The summed E-state index contributed by atoms with van der Waals surface area (Å²) in [5.41, 5.74) is 0. The van der Waals surface area contributed by atoms with Crippen LogP contribution in [0.3, 0.4) is 0 Å². The Morgan fingerprint density at radius 3 is 0.687 bits per heavy atom. The number of unbranched alkanes of at least 4 members (excludes halogenated alkanes) is 40. The number of rotatable bonds is 87. The van der Waals surface area contributed by atoms with E-state index in [4.69, 9.17) is 32.3 Å². The van der Waals surface area contributed by atoms with Crippen LogP contribution in [0.15, 0.2) is 146 Å². The van der Waals surface area contributed by atoms with Crippen LogP contribution < -0.4 is 0 Å². The molecule has 16 nitrogen and oxygen atoms in total. The van der Waals surface area contributed by atoms with Gasteiger partial charge in [0.05, 0.1) is 26.4 Å². The van der Waals surface area contributed by atoms with Gasteiger partial charge < -0.3 is 34.2 Å². The van der Waals surface area contributed by atoms with Crippen LogP contribution in [0.5, 0.6) is 0 Å². The summed E-state index contributed by atoms with van der Waals surface area (Å²) in [6.07, 6.45) is 112. The van der Waals surface area contributed by atoms with Crippen molar-refractivity contribution in [3.8, 4) is 0 Å². The van der Waals surface area contributed by atoms with Gasteiger partial charge in [-0.2, -0.15) is 0 Å². The first kappa shape index (κ1) is 110. The topological polar surface area (TPSA) is 231 Å². The van der Waals surface area contributed by atoms with E-state index in [1.165, 1.54) is 180 Å². The third-order valence-corrected chi connectivity index (χ3v) is 21.4. The Morgan fingerprint density at radius 1 is 0.243 bits per heavy atom. The second kappa shape index (κ2) is 88.7. The van der Waals surface area contributed by atoms with Crippen molar-refractivity contribution in [1.29, 1.82) is 0 Å². The van der Waals surface area contributed by atoms with E-state index in [1.807, 2.05) is 0 Å². The van der Waals surface area contributed by atoms with E-state index in [2.05, 4.69) is 167 Å². The highest BCUT2D eigenvalue weighted by atomic mass is 31.2. The van der Waals surface area contributed by atoms with E-state index in [0.29, 0.717) is 19.3 Å². The van der Waals surface area contributed by atoms with Gasteiger partial charge in [-0.15, -0.1) is 0 Å². The minimum absolute atomic E-state index is 0.0877. The molecule has 0 aromatic heterocycles. The molecule has 0 amide bonds. The molecule has 5 atom stereocenters. The van der Waals surface area contributed by atoms with Gasteiger partial charge >= 0.3 is 33.6 Å². The first-order valence-electron chi connectivity index (χ1n) is 46.1. The van der Waals surface area contributed by atoms with Gasteiger partial charge in [-0.1, -0.05) is 366 Å². The lowest BCUT2D eigenvalue weighted by Gasteiger charge is -2.21. The van der Waals surface area contributed by atoms with Gasteiger partial charge in [-0.25, -0.2) is 9.13 Å². The summed E-state index contributed by atoms with van der Waals surface area (Å²) in [6.45, 7) is 2.63. The van der Waals surface area contributed by atoms with Crippen LogP contribution >= 0.6 is 15.6 Å². The molecule has 0 aliphatic carbocycles. The number of ether oxygens (including phenoxy) is 3. The number of hydrogen-bond donors (Lipinski definition) is 4. The highest BCUT2D eigenvalue weighted by molar-refractivity contribution is 7.47. The molecule has 4 N–H and O–H groups in total. The molecule has 5 unspecified atom stereocenters. The molecule has 0 aliphatic rings. The molecule has 662 valence electrons. The molecule has 18 heteroatoms. The average molecular weight is 1650 g/mol. The molecule has 0 radical (unpaired) electrons. The molecule has 0 rings (SSSR count). The third kappa shape index (κ3) is 90.0. The fourth-order valence-corrected chi connectivity index (χ4v) is 14.1. The van der Waals surface area contributed by atoms with Gasteiger partial charge in [0.25, 0.3) is 0 Å². The van der Waals surface area contributed by atoms with E-state index < -0.39 is 91.5 Å². The van der Waals surface area contributed by atoms with Crippen LogP contribution in [0.1, 0.15) is 393 Å². The van der Waals surface area contributed by atoms with Crippen molar-refractivity contribution in [1.82, 2.24) is 0 Å². The SMILES string of the molecule is CCCCC/C=C\C/C=C\C/C=C\C/C=C\CCCCCCCCCCCCCCCCCC(=O)OCC(O)COP(=O)(O)OCC(O)COP(=O)(O)OCC(COC(=O)CCCCCCCCCCC/C=C\C/C=C\C/C=C\C/C=C\CCCCC)OC(=O)CCCCCCCCC/C=C\C/C=C\C/C=C\C/C=C\CCCCC.